The Bertz CT molecular complexity index is 1270. The Labute approximate surface area is 258 Å². The first-order valence-electron chi connectivity index (χ1n) is 14.9. The third-order valence-electron chi connectivity index (χ3n) is 7.33. The maximum atomic E-state index is 13.3. The molecule has 0 aliphatic rings. The maximum absolute atomic E-state index is 13.3. The Hall–Kier alpha value is -4.41. The van der Waals surface area contributed by atoms with Crippen LogP contribution in [0.1, 0.15) is 64.5 Å². The van der Waals surface area contributed by atoms with Crippen LogP contribution in [-0.2, 0) is 46.5 Å². The highest BCUT2D eigenvalue weighted by atomic mass is 16.5. The minimum atomic E-state index is -1.17. The van der Waals surface area contributed by atoms with Crippen molar-refractivity contribution in [1.29, 1.82) is 0 Å². The van der Waals surface area contributed by atoms with Crippen LogP contribution < -0.4 is 16.4 Å². The quantitative estimate of drug-likeness (QED) is 0.161. The number of nitrogens with one attached hydrogen (secondary N) is 2. The van der Waals surface area contributed by atoms with Gasteiger partial charge in [-0.15, -0.1) is 0 Å². The molecule has 0 saturated heterocycles. The van der Waals surface area contributed by atoms with E-state index < -0.39 is 65.6 Å². The number of carbonyl (C=O) groups is 6. The van der Waals surface area contributed by atoms with Gasteiger partial charge in [-0.3, -0.25) is 33.8 Å². The molecule has 238 valence electrons. The third-order valence-corrected chi connectivity index (χ3v) is 7.33. The number of primary amides is 1. The number of amides is 3. The highest BCUT2D eigenvalue weighted by Crippen LogP contribution is 2.19. The summed E-state index contributed by atoms with van der Waals surface area (Å²) in [6.45, 7) is 6.96. The lowest BCUT2D eigenvalue weighted by Crippen LogP contribution is -2.52. The summed E-state index contributed by atoms with van der Waals surface area (Å²) >= 11 is 0. The van der Waals surface area contributed by atoms with Crippen molar-refractivity contribution in [2.75, 3.05) is 6.54 Å². The van der Waals surface area contributed by atoms with E-state index in [1.54, 1.807) is 31.5 Å². The first-order chi connectivity index (χ1) is 20.9. The van der Waals surface area contributed by atoms with Crippen LogP contribution in [0.25, 0.3) is 0 Å². The van der Waals surface area contributed by atoms with Crippen molar-refractivity contribution in [2.45, 2.75) is 72.4 Å². The lowest BCUT2D eigenvalue weighted by Gasteiger charge is -2.26. The van der Waals surface area contributed by atoms with E-state index in [4.69, 9.17) is 10.5 Å². The molecule has 0 radical (unpaired) electrons. The average Bonchev–Trinajstić information content (AvgIpc) is 3.00. The second-order valence-electron chi connectivity index (χ2n) is 11.5. The molecule has 4 atom stereocenters. The largest absolute Gasteiger partial charge is 0.461 e. The van der Waals surface area contributed by atoms with Gasteiger partial charge in [-0.25, -0.2) is 0 Å². The summed E-state index contributed by atoms with van der Waals surface area (Å²) < 4.78 is 5.37. The Kier molecular flexibility index (Phi) is 14.9. The summed E-state index contributed by atoms with van der Waals surface area (Å²) in [4.78, 5) is 80.4. The van der Waals surface area contributed by atoms with Crippen molar-refractivity contribution < 1.29 is 33.5 Å². The first kappa shape index (κ1) is 35.8. The number of nitrogens with two attached hydrogens (primary N) is 1. The summed E-state index contributed by atoms with van der Waals surface area (Å²) in [6.07, 6.45) is 3.81. The molecule has 11 nitrogen and oxygen atoms in total. The van der Waals surface area contributed by atoms with Gasteiger partial charge in [-0.1, -0.05) is 70.5 Å². The number of pyridine rings is 1. The number of carbonyl (C=O) groups excluding carboxylic acids is 6. The molecule has 0 saturated carbocycles. The number of rotatable bonds is 19. The number of aromatic nitrogens is 1. The number of benzene rings is 1. The lowest BCUT2D eigenvalue weighted by atomic mass is 9.90. The molecule has 1 heterocycles. The van der Waals surface area contributed by atoms with E-state index in [9.17, 15) is 28.8 Å². The molecular weight excluding hydrogens is 564 g/mol. The highest BCUT2D eigenvalue weighted by molar-refractivity contribution is 6.38. The van der Waals surface area contributed by atoms with Gasteiger partial charge in [0.15, 0.2) is 5.78 Å². The first-order valence-corrected chi connectivity index (χ1v) is 14.9. The molecule has 4 N–H and O–H groups in total. The zero-order valence-corrected chi connectivity index (χ0v) is 25.9. The van der Waals surface area contributed by atoms with Crippen LogP contribution in [0.3, 0.4) is 0 Å². The van der Waals surface area contributed by atoms with Crippen molar-refractivity contribution in [1.82, 2.24) is 15.6 Å². The molecule has 1 aromatic heterocycles. The second kappa shape index (κ2) is 18.3. The van der Waals surface area contributed by atoms with Crippen LogP contribution in [0.4, 0.5) is 0 Å². The van der Waals surface area contributed by atoms with E-state index in [-0.39, 0.29) is 31.8 Å². The SMILES string of the molecule is CCC(C)C(NC(=O)C(CC(=O)OCc1ccccc1)CC(C)C)C(=O)C(=O)NCC(=O)CC(Cc1cccnc1)C(N)=O. The zero-order chi connectivity index (χ0) is 32.6. The van der Waals surface area contributed by atoms with E-state index in [1.807, 2.05) is 51.1 Å². The van der Waals surface area contributed by atoms with Gasteiger partial charge in [-0.2, -0.15) is 0 Å². The number of esters is 1. The fourth-order valence-corrected chi connectivity index (χ4v) is 4.65. The number of hydrogen-bond donors (Lipinski definition) is 3. The van der Waals surface area contributed by atoms with Crippen LogP contribution >= 0.6 is 0 Å². The van der Waals surface area contributed by atoms with E-state index >= 15 is 0 Å². The molecule has 3 amide bonds. The predicted molar refractivity (Wildman–Crippen MR) is 163 cm³/mol. The Morgan fingerprint density at radius 3 is 2.18 bits per heavy atom. The smallest absolute Gasteiger partial charge is 0.306 e. The molecule has 2 rings (SSSR count). The van der Waals surface area contributed by atoms with Gasteiger partial charge < -0.3 is 21.1 Å². The summed E-state index contributed by atoms with van der Waals surface area (Å²) in [6, 6.07) is 11.5. The topological polar surface area (TPSA) is 175 Å². The second-order valence-corrected chi connectivity index (χ2v) is 11.5. The fraction of sp³-hybridized carbons (Fsp3) is 0.485. The summed E-state index contributed by atoms with van der Waals surface area (Å²) in [5, 5.41) is 5.01. The molecule has 0 aliphatic heterocycles. The molecular formula is C33H44N4O7. The number of ether oxygens (including phenoxy) is 1. The third kappa shape index (κ3) is 12.4. The molecule has 44 heavy (non-hydrogen) atoms. The van der Waals surface area contributed by atoms with Gasteiger partial charge in [0, 0.05) is 30.7 Å². The maximum Gasteiger partial charge on any atom is 0.306 e. The molecule has 0 spiro atoms. The molecule has 0 aliphatic carbocycles. The monoisotopic (exact) mass is 608 g/mol. The normalized spacial score (nSPS) is 13.7. The minimum Gasteiger partial charge on any atom is -0.461 e. The molecule has 4 unspecified atom stereocenters. The molecule has 11 heteroatoms. The van der Waals surface area contributed by atoms with E-state index in [2.05, 4.69) is 15.6 Å². The van der Waals surface area contributed by atoms with Gasteiger partial charge in [0.25, 0.3) is 5.91 Å². The van der Waals surface area contributed by atoms with Crippen LogP contribution in [0, 0.1) is 23.7 Å². The van der Waals surface area contributed by atoms with Gasteiger partial charge in [-0.05, 0) is 41.9 Å². The predicted octanol–water partition coefficient (Wildman–Crippen LogP) is 2.70. The van der Waals surface area contributed by atoms with Gasteiger partial charge in [0.05, 0.1) is 19.0 Å². The van der Waals surface area contributed by atoms with Crippen molar-refractivity contribution in [2.24, 2.45) is 29.4 Å². The van der Waals surface area contributed by atoms with Crippen LogP contribution in [0.5, 0.6) is 0 Å². The standard InChI is InChI=1S/C33H44N4O7/c1-5-22(4)29(37-32(42)26(14-21(2)3)17-28(39)44-20-23-10-7-6-8-11-23)30(40)33(43)36-19-27(38)16-25(31(34)41)15-24-12-9-13-35-18-24/h6-13,18,21-22,25-26,29H,5,14-17,19-20H2,1-4H3,(H2,34,41)(H,36,43)(H,37,42). The van der Waals surface area contributed by atoms with Gasteiger partial charge >= 0.3 is 5.97 Å². The average molecular weight is 609 g/mol. The Morgan fingerprint density at radius 2 is 1.59 bits per heavy atom. The Balaban J connectivity index is 2.00. The molecule has 1 aromatic carbocycles. The van der Waals surface area contributed by atoms with Crippen molar-refractivity contribution in [3.8, 4) is 0 Å². The van der Waals surface area contributed by atoms with Gasteiger partial charge in [0.1, 0.15) is 6.61 Å². The summed E-state index contributed by atoms with van der Waals surface area (Å²) in [7, 11) is 0. The minimum absolute atomic E-state index is 0.0714. The highest BCUT2D eigenvalue weighted by Gasteiger charge is 2.34. The van der Waals surface area contributed by atoms with Crippen molar-refractivity contribution >= 4 is 35.3 Å². The fourth-order valence-electron chi connectivity index (χ4n) is 4.65. The number of hydrogen-bond acceptors (Lipinski definition) is 8. The summed E-state index contributed by atoms with van der Waals surface area (Å²) in [5.41, 5.74) is 7.03. The number of nitrogens with zero attached hydrogens (tertiary/aromatic N) is 1. The molecule has 0 bridgehead atoms. The van der Waals surface area contributed by atoms with Gasteiger partial charge in [0.2, 0.25) is 17.6 Å². The van der Waals surface area contributed by atoms with Crippen molar-refractivity contribution in [3.05, 3.63) is 66.0 Å². The summed E-state index contributed by atoms with van der Waals surface area (Å²) in [5.74, 6) is -6.06. The number of ketones is 2. The number of Topliss-reactive ketones (excluding diaryl/α,β-unsaturated/α-hetero) is 2. The van der Waals surface area contributed by atoms with E-state index in [0.717, 1.165) is 11.1 Å². The zero-order valence-electron chi connectivity index (χ0n) is 25.9. The van der Waals surface area contributed by atoms with Crippen molar-refractivity contribution in [3.63, 3.8) is 0 Å². The molecule has 2 aromatic rings. The lowest BCUT2D eigenvalue weighted by molar-refractivity contribution is -0.149. The Morgan fingerprint density at radius 1 is 0.909 bits per heavy atom. The van der Waals surface area contributed by atoms with Crippen LogP contribution in [0.15, 0.2) is 54.9 Å². The van der Waals surface area contributed by atoms with Crippen LogP contribution in [0.2, 0.25) is 0 Å². The van der Waals surface area contributed by atoms with E-state index in [1.165, 1.54) is 0 Å². The van der Waals surface area contributed by atoms with Crippen LogP contribution in [-0.4, -0.2) is 52.8 Å². The van der Waals surface area contributed by atoms with E-state index in [0.29, 0.717) is 12.8 Å². The molecule has 0 fully saturated rings.